The van der Waals surface area contributed by atoms with Gasteiger partial charge in [0.1, 0.15) is 12.4 Å². The fourth-order valence-electron chi connectivity index (χ4n) is 1.88. The van der Waals surface area contributed by atoms with Gasteiger partial charge in [0.15, 0.2) is 5.96 Å². The van der Waals surface area contributed by atoms with Gasteiger partial charge in [0.25, 0.3) is 0 Å². The van der Waals surface area contributed by atoms with E-state index in [-0.39, 0.29) is 24.0 Å². The van der Waals surface area contributed by atoms with Crippen molar-refractivity contribution in [2.75, 3.05) is 34.3 Å². The van der Waals surface area contributed by atoms with Crippen molar-refractivity contribution in [3.63, 3.8) is 0 Å². The van der Waals surface area contributed by atoms with Crippen LogP contribution in [0, 0.1) is 5.92 Å². The number of nitrogens with one attached hydrogen (secondary N) is 2. The first-order chi connectivity index (χ1) is 10.9. The number of hydrogen-bond donors (Lipinski definition) is 2. The molecule has 0 aliphatic rings. The number of halogens is 1. The Morgan fingerprint density at radius 2 is 1.88 bits per heavy atom. The largest absolute Gasteiger partial charge is 0.492 e. The van der Waals surface area contributed by atoms with Crippen LogP contribution in [0.2, 0.25) is 0 Å². The molecule has 1 aromatic rings. The molecule has 0 aliphatic carbocycles. The first kappa shape index (κ1) is 23.0. The SMILES string of the molecule is CN=C(NCc1ccccc1OCCN(C)C)NC(C)C(C)C.I. The quantitative estimate of drug-likeness (QED) is 0.365. The van der Waals surface area contributed by atoms with E-state index in [9.17, 15) is 0 Å². The number of rotatable bonds is 8. The zero-order valence-corrected chi connectivity index (χ0v) is 18.1. The van der Waals surface area contributed by atoms with Crippen molar-refractivity contribution in [2.24, 2.45) is 10.9 Å². The minimum Gasteiger partial charge on any atom is -0.492 e. The minimum atomic E-state index is 0. The highest BCUT2D eigenvalue weighted by atomic mass is 127. The molecule has 1 unspecified atom stereocenters. The molecule has 0 amide bonds. The molecular formula is C18H33IN4O. The van der Waals surface area contributed by atoms with Crippen molar-refractivity contribution in [2.45, 2.75) is 33.4 Å². The Bertz CT molecular complexity index is 492. The van der Waals surface area contributed by atoms with Crippen molar-refractivity contribution in [1.82, 2.24) is 15.5 Å². The summed E-state index contributed by atoms with van der Waals surface area (Å²) in [6, 6.07) is 8.50. The third-order valence-corrected chi connectivity index (χ3v) is 3.80. The van der Waals surface area contributed by atoms with E-state index in [1.165, 1.54) is 0 Å². The summed E-state index contributed by atoms with van der Waals surface area (Å²) < 4.78 is 5.89. The second-order valence-electron chi connectivity index (χ2n) is 6.36. The Balaban J connectivity index is 0.00000529. The minimum absolute atomic E-state index is 0. The van der Waals surface area contributed by atoms with Crippen LogP contribution in [0.25, 0.3) is 0 Å². The first-order valence-electron chi connectivity index (χ1n) is 8.26. The molecule has 24 heavy (non-hydrogen) atoms. The van der Waals surface area contributed by atoms with Gasteiger partial charge in [0.2, 0.25) is 0 Å². The zero-order chi connectivity index (χ0) is 17.2. The van der Waals surface area contributed by atoms with Crippen LogP contribution in [0.4, 0.5) is 0 Å². The molecular weight excluding hydrogens is 415 g/mol. The number of para-hydroxylation sites is 1. The van der Waals surface area contributed by atoms with E-state index in [1.807, 2.05) is 32.3 Å². The van der Waals surface area contributed by atoms with Crippen LogP contribution in [0.15, 0.2) is 29.3 Å². The van der Waals surface area contributed by atoms with Gasteiger partial charge >= 0.3 is 0 Å². The third-order valence-electron chi connectivity index (χ3n) is 3.80. The summed E-state index contributed by atoms with van der Waals surface area (Å²) in [6.45, 7) is 8.81. The van der Waals surface area contributed by atoms with E-state index >= 15 is 0 Å². The van der Waals surface area contributed by atoms with Gasteiger partial charge in [-0.05, 0) is 33.0 Å². The number of aliphatic imine (C=N–C) groups is 1. The fraction of sp³-hybridized carbons (Fsp3) is 0.611. The van der Waals surface area contributed by atoms with Crippen LogP contribution in [0.5, 0.6) is 5.75 Å². The molecule has 0 saturated heterocycles. The Morgan fingerprint density at radius 3 is 2.46 bits per heavy atom. The second kappa shape index (κ2) is 12.4. The summed E-state index contributed by atoms with van der Waals surface area (Å²) in [5.74, 6) is 2.29. The molecule has 0 aromatic heterocycles. The number of benzene rings is 1. The van der Waals surface area contributed by atoms with Gasteiger partial charge < -0.3 is 20.3 Å². The van der Waals surface area contributed by atoms with Crippen molar-refractivity contribution in [3.8, 4) is 5.75 Å². The molecule has 0 heterocycles. The number of guanidine groups is 1. The molecule has 5 nitrogen and oxygen atoms in total. The number of nitrogens with zero attached hydrogens (tertiary/aromatic N) is 2. The van der Waals surface area contributed by atoms with Gasteiger partial charge in [0, 0.05) is 31.7 Å². The molecule has 1 rings (SSSR count). The highest BCUT2D eigenvalue weighted by molar-refractivity contribution is 14.0. The van der Waals surface area contributed by atoms with Gasteiger partial charge in [-0.3, -0.25) is 4.99 Å². The third kappa shape index (κ3) is 8.73. The molecule has 0 bridgehead atoms. The lowest BCUT2D eigenvalue weighted by Crippen LogP contribution is -2.43. The summed E-state index contributed by atoms with van der Waals surface area (Å²) in [7, 11) is 5.88. The zero-order valence-electron chi connectivity index (χ0n) is 15.8. The summed E-state index contributed by atoms with van der Waals surface area (Å²) in [5.41, 5.74) is 1.13. The standard InChI is InChI=1S/C18H32N4O.HI/c1-14(2)15(3)21-18(19-4)20-13-16-9-7-8-10-17(16)23-12-11-22(5)6;/h7-10,14-15H,11-13H2,1-6H3,(H2,19,20,21);1H. The van der Waals surface area contributed by atoms with Gasteiger partial charge in [-0.15, -0.1) is 24.0 Å². The predicted molar refractivity (Wildman–Crippen MR) is 114 cm³/mol. The Morgan fingerprint density at radius 1 is 1.21 bits per heavy atom. The van der Waals surface area contributed by atoms with E-state index in [1.54, 1.807) is 7.05 Å². The molecule has 0 radical (unpaired) electrons. The molecule has 0 fully saturated rings. The average molecular weight is 448 g/mol. The first-order valence-corrected chi connectivity index (χ1v) is 8.26. The molecule has 2 N–H and O–H groups in total. The lowest BCUT2D eigenvalue weighted by atomic mass is 10.1. The lowest BCUT2D eigenvalue weighted by Gasteiger charge is -2.21. The molecule has 0 saturated carbocycles. The number of hydrogen-bond acceptors (Lipinski definition) is 3. The molecule has 6 heteroatoms. The van der Waals surface area contributed by atoms with E-state index in [2.05, 4.69) is 47.4 Å². The van der Waals surface area contributed by atoms with Crippen LogP contribution in [0.1, 0.15) is 26.3 Å². The Labute approximate surface area is 164 Å². The van der Waals surface area contributed by atoms with E-state index in [4.69, 9.17) is 4.74 Å². The summed E-state index contributed by atoms with van der Waals surface area (Å²) in [6.07, 6.45) is 0. The van der Waals surface area contributed by atoms with Crippen molar-refractivity contribution < 1.29 is 4.74 Å². The topological polar surface area (TPSA) is 48.9 Å². The van der Waals surface area contributed by atoms with Gasteiger partial charge in [-0.1, -0.05) is 32.0 Å². The summed E-state index contributed by atoms with van der Waals surface area (Å²) in [5, 5.41) is 6.76. The van der Waals surface area contributed by atoms with Gasteiger partial charge in [0.05, 0.1) is 0 Å². The predicted octanol–water partition coefficient (Wildman–Crippen LogP) is 2.95. The molecule has 1 aromatic carbocycles. The maximum atomic E-state index is 5.89. The summed E-state index contributed by atoms with van der Waals surface area (Å²) >= 11 is 0. The van der Waals surface area contributed by atoms with E-state index in [0.29, 0.717) is 25.1 Å². The van der Waals surface area contributed by atoms with Crippen LogP contribution in [-0.2, 0) is 6.54 Å². The Hall–Kier alpha value is -1.02. The Kier molecular flexibility index (Phi) is 11.8. The lowest BCUT2D eigenvalue weighted by molar-refractivity contribution is 0.259. The van der Waals surface area contributed by atoms with Crippen molar-refractivity contribution >= 4 is 29.9 Å². The fourth-order valence-corrected chi connectivity index (χ4v) is 1.88. The van der Waals surface area contributed by atoms with Crippen LogP contribution in [0.3, 0.4) is 0 Å². The smallest absolute Gasteiger partial charge is 0.191 e. The number of ether oxygens (including phenoxy) is 1. The van der Waals surface area contributed by atoms with E-state index < -0.39 is 0 Å². The molecule has 0 aliphatic heterocycles. The van der Waals surface area contributed by atoms with Gasteiger partial charge in [-0.25, -0.2) is 0 Å². The highest BCUT2D eigenvalue weighted by Crippen LogP contribution is 2.17. The highest BCUT2D eigenvalue weighted by Gasteiger charge is 2.10. The maximum absolute atomic E-state index is 5.89. The van der Waals surface area contributed by atoms with Crippen molar-refractivity contribution in [3.05, 3.63) is 29.8 Å². The molecule has 0 spiro atoms. The molecule has 138 valence electrons. The van der Waals surface area contributed by atoms with Gasteiger partial charge in [-0.2, -0.15) is 0 Å². The number of likely N-dealkylation sites (N-methyl/N-ethyl adjacent to an activating group) is 1. The normalized spacial score (nSPS) is 12.8. The van der Waals surface area contributed by atoms with Crippen LogP contribution >= 0.6 is 24.0 Å². The monoisotopic (exact) mass is 448 g/mol. The molecule has 1 atom stereocenters. The summed E-state index contributed by atoms with van der Waals surface area (Å²) in [4.78, 5) is 6.40. The van der Waals surface area contributed by atoms with Crippen LogP contribution < -0.4 is 15.4 Å². The van der Waals surface area contributed by atoms with Crippen LogP contribution in [-0.4, -0.2) is 51.2 Å². The van der Waals surface area contributed by atoms with Crippen molar-refractivity contribution in [1.29, 1.82) is 0 Å². The average Bonchev–Trinajstić information content (AvgIpc) is 2.51. The van der Waals surface area contributed by atoms with E-state index in [0.717, 1.165) is 23.8 Å². The maximum Gasteiger partial charge on any atom is 0.191 e. The second-order valence-corrected chi connectivity index (χ2v) is 6.36.